The Hall–Kier alpha value is -1.97. The van der Waals surface area contributed by atoms with Gasteiger partial charge in [0.05, 0.1) is 12.8 Å². The van der Waals surface area contributed by atoms with Gasteiger partial charge in [-0.3, -0.25) is 4.79 Å². The molecule has 0 radical (unpaired) electrons. The number of rotatable bonds is 5. The Morgan fingerprint density at radius 2 is 2.29 bits per heavy atom. The molecule has 0 unspecified atom stereocenters. The lowest BCUT2D eigenvalue weighted by Gasteiger charge is -2.19. The minimum Gasteiger partial charge on any atom is -0.495 e. The number of anilines is 1. The summed E-state index contributed by atoms with van der Waals surface area (Å²) >= 11 is 0. The zero-order chi connectivity index (χ0) is 12.8. The third-order valence-corrected chi connectivity index (χ3v) is 2.50. The van der Waals surface area contributed by atoms with Crippen LogP contribution in [0.1, 0.15) is 17.3 Å². The number of carbonyl (C=O) groups excluding carboxylic acids is 1. The molecule has 0 aliphatic carbocycles. The molecule has 0 aromatic heterocycles. The van der Waals surface area contributed by atoms with E-state index in [-0.39, 0.29) is 5.91 Å². The largest absolute Gasteiger partial charge is 0.495 e. The van der Waals surface area contributed by atoms with Crippen molar-refractivity contribution >= 4 is 11.6 Å². The van der Waals surface area contributed by atoms with Crippen molar-refractivity contribution in [3.63, 3.8) is 0 Å². The number of hydrogen-bond donors (Lipinski definition) is 1. The minimum atomic E-state index is -0.0539. The lowest BCUT2D eigenvalue weighted by molar-refractivity contribution is 0.0782. The lowest BCUT2D eigenvalue weighted by Crippen LogP contribution is -2.30. The molecule has 0 atom stereocenters. The number of nitrogens with two attached hydrogens (primary N) is 1. The highest BCUT2D eigenvalue weighted by atomic mass is 16.5. The molecular formula is C13H18N2O2. The quantitative estimate of drug-likeness (QED) is 0.625. The Balaban J connectivity index is 2.95. The molecule has 0 saturated heterocycles. The van der Waals surface area contributed by atoms with Crippen LogP contribution in [-0.2, 0) is 0 Å². The van der Waals surface area contributed by atoms with Gasteiger partial charge < -0.3 is 15.4 Å². The first-order chi connectivity index (χ1) is 8.13. The Bertz CT molecular complexity index is 416. The molecule has 0 saturated carbocycles. The van der Waals surface area contributed by atoms with Crippen molar-refractivity contribution in [2.24, 2.45) is 0 Å². The van der Waals surface area contributed by atoms with Gasteiger partial charge in [0.2, 0.25) is 0 Å². The summed E-state index contributed by atoms with van der Waals surface area (Å²) in [5, 5.41) is 0. The van der Waals surface area contributed by atoms with E-state index in [1.165, 1.54) is 0 Å². The monoisotopic (exact) mass is 234 g/mol. The Morgan fingerprint density at radius 3 is 2.76 bits per heavy atom. The summed E-state index contributed by atoms with van der Waals surface area (Å²) in [6, 6.07) is 5.04. The molecule has 1 aromatic rings. The molecule has 0 bridgehead atoms. The highest BCUT2D eigenvalue weighted by Gasteiger charge is 2.14. The van der Waals surface area contributed by atoms with Crippen LogP contribution >= 0.6 is 0 Å². The number of methoxy groups -OCH3 is 1. The molecule has 17 heavy (non-hydrogen) atoms. The Labute approximate surface area is 102 Å². The second-order valence-electron chi connectivity index (χ2n) is 3.59. The van der Waals surface area contributed by atoms with E-state index in [1.807, 2.05) is 6.92 Å². The maximum Gasteiger partial charge on any atom is 0.254 e. The molecule has 0 heterocycles. The maximum atomic E-state index is 12.1. The van der Waals surface area contributed by atoms with Crippen LogP contribution in [0.15, 0.2) is 30.9 Å². The fraction of sp³-hybridized carbons (Fsp3) is 0.308. The van der Waals surface area contributed by atoms with E-state index in [0.29, 0.717) is 30.1 Å². The highest BCUT2D eigenvalue weighted by molar-refractivity contribution is 5.95. The van der Waals surface area contributed by atoms with Crippen LogP contribution in [-0.4, -0.2) is 31.0 Å². The number of likely N-dealkylation sites (N-methyl/N-ethyl adjacent to an activating group) is 1. The van der Waals surface area contributed by atoms with Crippen LogP contribution < -0.4 is 10.5 Å². The summed E-state index contributed by atoms with van der Waals surface area (Å²) in [6.45, 7) is 6.72. The fourth-order valence-electron chi connectivity index (χ4n) is 1.56. The SMILES string of the molecule is C=CCN(CC)C(=O)c1ccc(OC)c(N)c1. The number of hydrogen-bond acceptors (Lipinski definition) is 3. The van der Waals surface area contributed by atoms with Gasteiger partial charge in [-0.15, -0.1) is 6.58 Å². The molecule has 1 rings (SSSR count). The third kappa shape index (κ3) is 3.00. The van der Waals surface area contributed by atoms with Gasteiger partial charge in [-0.25, -0.2) is 0 Å². The van der Waals surface area contributed by atoms with E-state index < -0.39 is 0 Å². The summed E-state index contributed by atoms with van der Waals surface area (Å²) in [5.74, 6) is 0.523. The maximum absolute atomic E-state index is 12.1. The van der Waals surface area contributed by atoms with Crippen molar-refractivity contribution < 1.29 is 9.53 Å². The normalized spacial score (nSPS) is 9.76. The van der Waals surface area contributed by atoms with Gasteiger partial charge in [0.15, 0.2) is 0 Å². The van der Waals surface area contributed by atoms with E-state index >= 15 is 0 Å². The summed E-state index contributed by atoms with van der Waals surface area (Å²) in [6.07, 6.45) is 1.70. The first-order valence-corrected chi connectivity index (χ1v) is 5.47. The van der Waals surface area contributed by atoms with Crippen molar-refractivity contribution in [1.29, 1.82) is 0 Å². The van der Waals surface area contributed by atoms with Gasteiger partial charge >= 0.3 is 0 Å². The number of ether oxygens (including phenoxy) is 1. The zero-order valence-electron chi connectivity index (χ0n) is 10.3. The average Bonchev–Trinajstić information content (AvgIpc) is 2.35. The van der Waals surface area contributed by atoms with Crippen LogP contribution in [0.5, 0.6) is 5.75 Å². The number of nitrogens with zero attached hydrogens (tertiary/aromatic N) is 1. The number of nitrogen functional groups attached to an aromatic ring is 1. The van der Waals surface area contributed by atoms with Crippen LogP contribution in [0.2, 0.25) is 0 Å². The van der Waals surface area contributed by atoms with Crippen molar-refractivity contribution in [1.82, 2.24) is 4.90 Å². The molecule has 92 valence electrons. The van der Waals surface area contributed by atoms with Crippen LogP contribution in [0, 0.1) is 0 Å². The Kier molecular flexibility index (Phi) is 4.57. The zero-order valence-corrected chi connectivity index (χ0v) is 10.3. The van der Waals surface area contributed by atoms with E-state index in [0.717, 1.165) is 0 Å². The smallest absolute Gasteiger partial charge is 0.254 e. The molecule has 0 aliphatic rings. The topological polar surface area (TPSA) is 55.6 Å². The summed E-state index contributed by atoms with van der Waals surface area (Å²) in [4.78, 5) is 13.8. The minimum absolute atomic E-state index is 0.0539. The molecule has 0 aliphatic heterocycles. The van der Waals surface area contributed by atoms with Gasteiger partial charge in [0.25, 0.3) is 5.91 Å². The van der Waals surface area contributed by atoms with Gasteiger partial charge in [-0.1, -0.05) is 6.08 Å². The van der Waals surface area contributed by atoms with Crippen molar-refractivity contribution in [3.05, 3.63) is 36.4 Å². The predicted octanol–water partition coefficient (Wildman–Crippen LogP) is 1.93. The van der Waals surface area contributed by atoms with Crippen LogP contribution in [0.4, 0.5) is 5.69 Å². The molecule has 0 spiro atoms. The molecule has 0 fully saturated rings. The average molecular weight is 234 g/mol. The third-order valence-electron chi connectivity index (χ3n) is 2.50. The molecule has 2 N–H and O–H groups in total. The number of amides is 1. The standard InChI is InChI=1S/C13H18N2O2/c1-4-8-15(5-2)13(16)10-6-7-12(17-3)11(14)9-10/h4,6-7,9H,1,5,8,14H2,2-3H3. The summed E-state index contributed by atoms with van der Waals surface area (Å²) in [7, 11) is 1.54. The lowest BCUT2D eigenvalue weighted by atomic mass is 10.1. The van der Waals surface area contributed by atoms with Gasteiger partial charge in [0, 0.05) is 18.7 Å². The molecule has 1 amide bonds. The first-order valence-electron chi connectivity index (χ1n) is 5.47. The second-order valence-corrected chi connectivity index (χ2v) is 3.59. The van der Waals surface area contributed by atoms with Crippen molar-refractivity contribution in [2.45, 2.75) is 6.92 Å². The van der Waals surface area contributed by atoms with E-state index in [1.54, 1.807) is 36.3 Å². The van der Waals surface area contributed by atoms with Gasteiger partial charge in [-0.05, 0) is 25.1 Å². The molecular weight excluding hydrogens is 216 g/mol. The fourth-order valence-corrected chi connectivity index (χ4v) is 1.56. The van der Waals surface area contributed by atoms with Crippen LogP contribution in [0.3, 0.4) is 0 Å². The predicted molar refractivity (Wildman–Crippen MR) is 69.2 cm³/mol. The highest BCUT2D eigenvalue weighted by Crippen LogP contribution is 2.22. The van der Waals surface area contributed by atoms with Crippen molar-refractivity contribution in [2.75, 3.05) is 25.9 Å². The summed E-state index contributed by atoms with van der Waals surface area (Å²) < 4.78 is 5.05. The van der Waals surface area contributed by atoms with E-state index in [9.17, 15) is 4.79 Å². The first kappa shape index (κ1) is 13.1. The van der Waals surface area contributed by atoms with Gasteiger partial charge in [-0.2, -0.15) is 0 Å². The summed E-state index contributed by atoms with van der Waals surface area (Å²) in [5.41, 5.74) is 6.80. The number of benzene rings is 1. The molecule has 4 nitrogen and oxygen atoms in total. The molecule has 1 aromatic carbocycles. The van der Waals surface area contributed by atoms with Crippen LogP contribution in [0.25, 0.3) is 0 Å². The second kappa shape index (κ2) is 5.94. The van der Waals surface area contributed by atoms with E-state index in [2.05, 4.69) is 6.58 Å². The molecule has 4 heteroatoms. The van der Waals surface area contributed by atoms with Gasteiger partial charge in [0.1, 0.15) is 5.75 Å². The van der Waals surface area contributed by atoms with E-state index in [4.69, 9.17) is 10.5 Å². The van der Waals surface area contributed by atoms with Crippen molar-refractivity contribution in [3.8, 4) is 5.75 Å². The number of carbonyl (C=O) groups is 1. The Morgan fingerprint density at radius 1 is 1.59 bits per heavy atom.